The number of thiazole rings is 1. The summed E-state index contributed by atoms with van der Waals surface area (Å²) in [4.78, 5) is 31.2. The number of esters is 1. The Labute approximate surface area is 224 Å². The minimum atomic E-state index is -0.665. The summed E-state index contributed by atoms with van der Waals surface area (Å²) in [5.74, 6) is -1.07. The van der Waals surface area contributed by atoms with E-state index in [1.165, 1.54) is 22.3 Å². The Hall–Kier alpha value is -4.01. The van der Waals surface area contributed by atoms with Crippen LogP contribution in [-0.2, 0) is 20.9 Å². The monoisotopic (exact) mass is 532 g/mol. The average Bonchev–Trinajstić information content (AvgIpc) is 3.50. The average molecular weight is 533 g/mol. The lowest BCUT2D eigenvalue weighted by atomic mass is 10.2. The molecule has 0 fully saturated rings. The molecule has 2 heterocycles. The molecule has 1 amide bonds. The van der Waals surface area contributed by atoms with Crippen molar-refractivity contribution in [2.45, 2.75) is 13.5 Å². The molecule has 0 bridgehead atoms. The molecule has 4 aromatic rings. The number of carbonyl (C=O) groups is 2. The number of amides is 1. The van der Waals surface area contributed by atoms with Gasteiger partial charge in [-0.05, 0) is 18.6 Å². The minimum Gasteiger partial charge on any atom is -0.452 e. The van der Waals surface area contributed by atoms with Crippen LogP contribution in [0.1, 0.15) is 16.8 Å². The highest BCUT2D eigenvalue weighted by atomic mass is 35.5. The van der Waals surface area contributed by atoms with Gasteiger partial charge in [-0.25, -0.2) is 14.5 Å². The number of hydrogen-bond acceptors (Lipinski definition) is 6. The number of hydrogen-bond donors (Lipinski definition) is 0. The Balaban J connectivity index is 1.38. The zero-order valence-corrected chi connectivity index (χ0v) is 21.8. The van der Waals surface area contributed by atoms with Gasteiger partial charge in [-0.3, -0.25) is 9.69 Å². The van der Waals surface area contributed by atoms with Crippen LogP contribution in [0, 0.1) is 6.92 Å². The highest BCUT2D eigenvalue weighted by Crippen LogP contribution is 2.27. The molecule has 9 heteroatoms. The first-order valence-corrected chi connectivity index (χ1v) is 12.8. The summed E-state index contributed by atoms with van der Waals surface area (Å²) < 4.78 is 6.88. The van der Waals surface area contributed by atoms with E-state index in [-0.39, 0.29) is 6.54 Å². The third-order valence-corrected chi connectivity index (χ3v) is 6.68. The summed E-state index contributed by atoms with van der Waals surface area (Å²) in [6, 6.07) is 19.5. The molecule has 0 unspecified atom stereocenters. The van der Waals surface area contributed by atoms with Crippen LogP contribution in [0.3, 0.4) is 0 Å². The third kappa shape index (κ3) is 6.61. The molecule has 0 spiro atoms. The topological polar surface area (TPSA) is 77.3 Å². The number of nitrogens with zero attached hydrogens (tertiary/aromatic N) is 4. The maximum Gasteiger partial charge on any atom is 0.331 e. The first-order valence-electron chi connectivity index (χ1n) is 11.5. The predicted molar refractivity (Wildman–Crippen MR) is 148 cm³/mol. The number of aromatic nitrogens is 3. The van der Waals surface area contributed by atoms with Crippen LogP contribution in [0.15, 0.2) is 84.8 Å². The molecule has 4 rings (SSSR count). The summed E-state index contributed by atoms with van der Waals surface area (Å²) in [6.07, 6.45) is 4.39. The van der Waals surface area contributed by atoms with Crippen molar-refractivity contribution in [3.8, 4) is 11.3 Å². The van der Waals surface area contributed by atoms with Crippen molar-refractivity contribution in [2.24, 2.45) is 0 Å². The summed E-state index contributed by atoms with van der Waals surface area (Å²) >= 11 is 7.84. The van der Waals surface area contributed by atoms with E-state index in [1.54, 1.807) is 16.8 Å². The highest BCUT2D eigenvalue weighted by molar-refractivity contribution is 7.14. The van der Waals surface area contributed by atoms with E-state index >= 15 is 0 Å². The summed E-state index contributed by atoms with van der Waals surface area (Å²) in [5.41, 5.74) is 4.07. The molecular weight excluding hydrogens is 508 g/mol. The Morgan fingerprint density at radius 3 is 2.54 bits per heavy atom. The first kappa shape index (κ1) is 26.1. The van der Waals surface area contributed by atoms with Gasteiger partial charge in [-0.15, -0.1) is 17.9 Å². The van der Waals surface area contributed by atoms with Gasteiger partial charge in [0.15, 0.2) is 11.7 Å². The van der Waals surface area contributed by atoms with Crippen molar-refractivity contribution < 1.29 is 14.3 Å². The standard InChI is InChI=1S/C28H25ClN4O3S/c1-3-16-32(28-30-24(19-37-28)22-12-8-5-9-13-22)25(34)18-36-26(35)15-14-23-20(2)31-33(27(23)29)17-21-10-6-4-7-11-21/h3-15,19H,1,16-18H2,2H3/b15-14+. The molecule has 0 radical (unpaired) electrons. The van der Waals surface area contributed by atoms with E-state index in [0.717, 1.165) is 16.8 Å². The van der Waals surface area contributed by atoms with Crippen LogP contribution in [0.2, 0.25) is 5.15 Å². The number of anilines is 1. The number of ether oxygens (including phenoxy) is 1. The highest BCUT2D eigenvalue weighted by Gasteiger charge is 2.20. The quantitative estimate of drug-likeness (QED) is 0.147. The van der Waals surface area contributed by atoms with E-state index in [9.17, 15) is 9.59 Å². The van der Waals surface area contributed by atoms with Gasteiger partial charge in [0.05, 0.1) is 17.9 Å². The number of aryl methyl sites for hydroxylation is 1. The minimum absolute atomic E-state index is 0.239. The normalized spacial score (nSPS) is 11.0. The molecule has 0 aliphatic rings. The summed E-state index contributed by atoms with van der Waals surface area (Å²) in [7, 11) is 0. The summed E-state index contributed by atoms with van der Waals surface area (Å²) in [6.45, 7) is 5.85. The molecule has 7 nitrogen and oxygen atoms in total. The van der Waals surface area contributed by atoms with Crippen molar-refractivity contribution in [3.05, 3.63) is 107 Å². The van der Waals surface area contributed by atoms with Gasteiger partial charge in [-0.1, -0.05) is 78.3 Å². The second kappa shape index (κ2) is 12.3. The first-order chi connectivity index (χ1) is 18.0. The van der Waals surface area contributed by atoms with Gasteiger partial charge >= 0.3 is 5.97 Å². The molecule has 2 aromatic heterocycles. The zero-order valence-electron chi connectivity index (χ0n) is 20.2. The molecule has 0 atom stereocenters. The van der Waals surface area contributed by atoms with E-state index in [1.807, 2.05) is 73.0 Å². The molecule has 0 saturated carbocycles. The Morgan fingerprint density at radius 1 is 1.14 bits per heavy atom. The SMILES string of the molecule is C=CCN(C(=O)COC(=O)/C=C/c1c(C)nn(Cc2ccccc2)c1Cl)c1nc(-c2ccccc2)cs1. The molecule has 188 valence electrons. The maximum atomic E-state index is 12.9. The number of halogens is 1. The Kier molecular flexibility index (Phi) is 8.66. The third-order valence-electron chi connectivity index (χ3n) is 5.41. The van der Waals surface area contributed by atoms with Gasteiger partial charge in [0, 0.05) is 29.1 Å². The van der Waals surface area contributed by atoms with Crippen LogP contribution in [0.25, 0.3) is 17.3 Å². The Morgan fingerprint density at radius 2 is 1.84 bits per heavy atom. The van der Waals surface area contributed by atoms with Gasteiger partial charge in [0.1, 0.15) is 5.15 Å². The fourth-order valence-electron chi connectivity index (χ4n) is 3.57. The van der Waals surface area contributed by atoms with E-state index < -0.39 is 18.5 Å². The lowest BCUT2D eigenvalue weighted by molar-refractivity contribution is -0.142. The lowest BCUT2D eigenvalue weighted by Gasteiger charge is -2.17. The second-order valence-corrected chi connectivity index (χ2v) is 9.24. The fraction of sp³-hybridized carbons (Fsp3) is 0.143. The second-order valence-electron chi connectivity index (χ2n) is 8.05. The zero-order chi connectivity index (χ0) is 26.2. The van der Waals surface area contributed by atoms with Gasteiger partial charge in [0.25, 0.3) is 5.91 Å². The van der Waals surface area contributed by atoms with Crippen LogP contribution < -0.4 is 4.90 Å². The van der Waals surface area contributed by atoms with Crippen LogP contribution in [-0.4, -0.2) is 39.8 Å². The number of carbonyl (C=O) groups excluding carboxylic acids is 2. The number of benzene rings is 2. The largest absolute Gasteiger partial charge is 0.452 e. The van der Waals surface area contributed by atoms with Crippen molar-refractivity contribution in [2.75, 3.05) is 18.1 Å². The molecular formula is C28H25ClN4O3S. The van der Waals surface area contributed by atoms with E-state index in [0.29, 0.717) is 28.1 Å². The van der Waals surface area contributed by atoms with Crippen molar-refractivity contribution in [3.63, 3.8) is 0 Å². The molecule has 2 aromatic carbocycles. The van der Waals surface area contributed by atoms with E-state index in [2.05, 4.69) is 16.7 Å². The van der Waals surface area contributed by atoms with Crippen molar-refractivity contribution >= 4 is 46.0 Å². The van der Waals surface area contributed by atoms with Gasteiger partial charge in [-0.2, -0.15) is 5.10 Å². The Bertz CT molecular complexity index is 1410. The molecule has 0 aliphatic heterocycles. The maximum absolute atomic E-state index is 12.9. The molecule has 37 heavy (non-hydrogen) atoms. The number of rotatable bonds is 10. The van der Waals surface area contributed by atoms with Crippen molar-refractivity contribution in [1.82, 2.24) is 14.8 Å². The van der Waals surface area contributed by atoms with Gasteiger partial charge < -0.3 is 4.74 Å². The molecule has 0 aliphatic carbocycles. The fourth-order valence-corrected chi connectivity index (χ4v) is 4.73. The van der Waals surface area contributed by atoms with Crippen LogP contribution in [0.4, 0.5) is 5.13 Å². The summed E-state index contributed by atoms with van der Waals surface area (Å²) in [5, 5.41) is 7.26. The predicted octanol–water partition coefficient (Wildman–Crippen LogP) is 5.79. The molecule has 0 saturated heterocycles. The molecule has 0 N–H and O–H groups in total. The lowest BCUT2D eigenvalue weighted by Crippen LogP contribution is -2.34. The van der Waals surface area contributed by atoms with E-state index in [4.69, 9.17) is 16.3 Å². The smallest absolute Gasteiger partial charge is 0.331 e. The van der Waals surface area contributed by atoms with Gasteiger partial charge in [0.2, 0.25) is 0 Å². The van der Waals surface area contributed by atoms with Crippen molar-refractivity contribution in [1.29, 1.82) is 0 Å². The van der Waals surface area contributed by atoms with Crippen LogP contribution in [0.5, 0.6) is 0 Å². The van der Waals surface area contributed by atoms with Crippen LogP contribution >= 0.6 is 22.9 Å².